The van der Waals surface area contributed by atoms with Crippen molar-refractivity contribution in [3.05, 3.63) is 24.0 Å². The summed E-state index contributed by atoms with van der Waals surface area (Å²) in [7, 11) is 1.93. The van der Waals surface area contributed by atoms with Gasteiger partial charge in [0.15, 0.2) is 0 Å². The van der Waals surface area contributed by atoms with E-state index >= 15 is 0 Å². The number of nitrogens with zero attached hydrogens (tertiary/aromatic N) is 3. The van der Waals surface area contributed by atoms with Crippen molar-refractivity contribution in [1.29, 1.82) is 0 Å². The number of piperazine rings is 1. The SMILES string of the molecule is Cn1ccc(CC(=O)N2CCN(CC(=O)O)CC2)c1. The standard InChI is InChI=1S/C13H19N3O3/c1-14-3-2-11(9-14)8-12(17)16-6-4-15(5-7-16)10-13(18)19/h2-3,9H,4-8,10H2,1H3,(H,18,19). The van der Waals surface area contributed by atoms with Crippen LogP contribution in [-0.2, 0) is 23.1 Å². The Morgan fingerprint density at radius 2 is 1.95 bits per heavy atom. The first kappa shape index (κ1) is 13.6. The molecular formula is C13H19N3O3. The minimum atomic E-state index is -0.816. The fraction of sp³-hybridized carbons (Fsp3) is 0.538. The summed E-state index contributed by atoms with van der Waals surface area (Å²) in [5, 5.41) is 8.71. The highest BCUT2D eigenvalue weighted by atomic mass is 16.4. The van der Waals surface area contributed by atoms with E-state index in [2.05, 4.69) is 0 Å². The van der Waals surface area contributed by atoms with Crippen molar-refractivity contribution in [2.45, 2.75) is 6.42 Å². The van der Waals surface area contributed by atoms with Crippen molar-refractivity contribution in [3.8, 4) is 0 Å². The van der Waals surface area contributed by atoms with Crippen molar-refractivity contribution in [2.24, 2.45) is 7.05 Å². The van der Waals surface area contributed by atoms with Crippen molar-refractivity contribution < 1.29 is 14.7 Å². The van der Waals surface area contributed by atoms with Gasteiger partial charge >= 0.3 is 5.97 Å². The normalized spacial score (nSPS) is 16.6. The van der Waals surface area contributed by atoms with Gasteiger partial charge in [-0.3, -0.25) is 14.5 Å². The number of hydrogen-bond donors (Lipinski definition) is 1. The van der Waals surface area contributed by atoms with E-state index in [-0.39, 0.29) is 12.5 Å². The Hall–Kier alpha value is -1.82. The van der Waals surface area contributed by atoms with Crippen LogP contribution in [0.15, 0.2) is 18.5 Å². The van der Waals surface area contributed by atoms with E-state index in [1.54, 1.807) is 0 Å². The maximum absolute atomic E-state index is 12.1. The summed E-state index contributed by atoms with van der Waals surface area (Å²) in [4.78, 5) is 26.4. The monoisotopic (exact) mass is 265 g/mol. The molecule has 6 heteroatoms. The Morgan fingerprint density at radius 3 is 2.47 bits per heavy atom. The van der Waals surface area contributed by atoms with Gasteiger partial charge in [-0.05, 0) is 11.6 Å². The van der Waals surface area contributed by atoms with Gasteiger partial charge in [-0.25, -0.2) is 0 Å². The van der Waals surface area contributed by atoms with Gasteiger partial charge in [-0.15, -0.1) is 0 Å². The molecule has 1 saturated heterocycles. The van der Waals surface area contributed by atoms with Gasteiger partial charge in [-0.1, -0.05) is 0 Å². The smallest absolute Gasteiger partial charge is 0.317 e. The van der Waals surface area contributed by atoms with Crippen LogP contribution in [0, 0.1) is 0 Å². The molecule has 1 aromatic heterocycles. The molecular weight excluding hydrogens is 246 g/mol. The molecule has 0 spiro atoms. The molecule has 6 nitrogen and oxygen atoms in total. The van der Waals surface area contributed by atoms with Crippen LogP contribution in [0.25, 0.3) is 0 Å². The van der Waals surface area contributed by atoms with Gasteiger partial charge in [0.2, 0.25) is 5.91 Å². The average molecular weight is 265 g/mol. The van der Waals surface area contributed by atoms with Crippen LogP contribution in [0.2, 0.25) is 0 Å². The lowest BCUT2D eigenvalue weighted by Crippen LogP contribution is -2.50. The lowest BCUT2D eigenvalue weighted by Gasteiger charge is -2.33. The zero-order valence-electron chi connectivity index (χ0n) is 11.1. The molecule has 1 aromatic rings. The lowest BCUT2D eigenvalue weighted by atomic mass is 10.2. The summed E-state index contributed by atoms with van der Waals surface area (Å²) in [6.45, 7) is 2.54. The van der Waals surface area contributed by atoms with E-state index in [4.69, 9.17) is 5.11 Å². The third-order valence-electron chi connectivity index (χ3n) is 3.33. The molecule has 0 saturated carbocycles. The third-order valence-corrected chi connectivity index (χ3v) is 3.33. The second kappa shape index (κ2) is 5.88. The number of carbonyl (C=O) groups excluding carboxylic acids is 1. The molecule has 0 unspecified atom stereocenters. The summed E-state index contributed by atoms with van der Waals surface area (Å²) in [5.74, 6) is -0.703. The molecule has 0 aromatic carbocycles. The van der Waals surface area contributed by atoms with Crippen LogP contribution in [-0.4, -0.2) is 64.1 Å². The number of aromatic nitrogens is 1. The first-order chi connectivity index (χ1) is 9.04. The zero-order chi connectivity index (χ0) is 13.8. The van der Waals surface area contributed by atoms with Gasteiger partial charge in [0.25, 0.3) is 0 Å². The van der Waals surface area contributed by atoms with Crippen LogP contribution in [0.1, 0.15) is 5.56 Å². The minimum Gasteiger partial charge on any atom is -0.480 e. The van der Waals surface area contributed by atoms with Gasteiger partial charge in [0.1, 0.15) is 0 Å². The highest BCUT2D eigenvalue weighted by molar-refractivity contribution is 5.78. The third kappa shape index (κ3) is 3.82. The Labute approximate surface area is 112 Å². The molecule has 0 aliphatic carbocycles. The second-order valence-corrected chi connectivity index (χ2v) is 4.91. The van der Waals surface area contributed by atoms with Gasteiger partial charge < -0.3 is 14.6 Å². The number of carbonyl (C=O) groups is 2. The number of aliphatic carboxylic acids is 1. The highest BCUT2D eigenvalue weighted by Gasteiger charge is 2.22. The molecule has 1 aliphatic heterocycles. The molecule has 1 fully saturated rings. The molecule has 104 valence electrons. The molecule has 0 bridgehead atoms. The summed E-state index contributed by atoms with van der Waals surface area (Å²) in [6, 6.07) is 1.94. The van der Waals surface area contributed by atoms with Crippen molar-refractivity contribution in [1.82, 2.24) is 14.4 Å². The van der Waals surface area contributed by atoms with Crippen LogP contribution in [0.3, 0.4) is 0 Å². The highest BCUT2D eigenvalue weighted by Crippen LogP contribution is 2.07. The fourth-order valence-electron chi connectivity index (χ4n) is 2.30. The Morgan fingerprint density at radius 1 is 1.26 bits per heavy atom. The zero-order valence-corrected chi connectivity index (χ0v) is 11.1. The number of carboxylic acid groups (broad SMARTS) is 1. The first-order valence-electron chi connectivity index (χ1n) is 6.37. The van der Waals surface area contributed by atoms with E-state index < -0.39 is 5.97 Å². The van der Waals surface area contributed by atoms with Gasteiger partial charge in [0.05, 0.1) is 13.0 Å². The van der Waals surface area contributed by atoms with E-state index in [1.165, 1.54) is 0 Å². The summed E-state index contributed by atoms with van der Waals surface area (Å²) in [6.07, 6.45) is 4.28. The Kier molecular flexibility index (Phi) is 4.21. The van der Waals surface area contributed by atoms with E-state index in [0.29, 0.717) is 32.6 Å². The second-order valence-electron chi connectivity index (χ2n) is 4.91. The molecule has 1 amide bonds. The van der Waals surface area contributed by atoms with Crippen LogP contribution in [0.5, 0.6) is 0 Å². The van der Waals surface area contributed by atoms with E-state index in [0.717, 1.165) is 5.56 Å². The Balaban J connectivity index is 1.80. The molecule has 1 aliphatic rings. The fourth-order valence-corrected chi connectivity index (χ4v) is 2.30. The summed E-state index contributed by atoms with van der Waals surface area (Å²) < 4.78 is 1.92. The Bertz CT molecular complexity index is 461. The van der Waals surface area contributed by atoms with E-state index in [9.17, 15) is 9.59 Å². The molecule has 19 heavy (non-hydrogen) atoms. The average Bonchev–Trinajstić information content (AvgIpc) is 2.75. The number of rotatable bonds is 4. The molecule has 1 N–H and O–H groups in total. The largest absolute Gasteiger partial charge is 0.480 e. The predicted octanol–water partition coefficient (Wildman–Crippen LogP) is -0.204. The van der Waals surface area contributed by atoms with E-state index in [1.807, 2.05) is 39.9 Å². The molecule has 0 atom stereocenters. The van der Waals surface area contributed by atoms with Crippen LogP contribution in [0.4, 0.5) is 0 Å². The number of carboxylic acids is 1. The maximum atomic E-state index is 12.1. The number of hydrogen-bond acceptors (Lipinski definition) is 3. The maximum Gasteiger partial charge on any atom is 0.317 e. The summed E-state index contributed by atoms with van der Waals surface area (Å²) in [5.41, 5.74) is 1.01. The van der Waals surface area contributed by atoms with Crippen LogP contribution >= 0.6 is 0 Å². The predicted molar refractivity (Wildman–Crippen MR) is 69.8 cm³/mol. The minimum absolute atomic E-state index is 0.0563. The molecule has 2 rings (SSSR count). The quantitative estimate of drug-likeness (QED) is 0.818. The van der Waals surface area contributed by atoms with Gasteiger partial charge in [-0.2, -0.15) is 0 Å². The van der Waals surface area contributed by atoms with Crippen molar-refractivity contribution >= 4 is 11.9 Å². The van der Waals surface area contributed by atoms with Gasteiger partial charge in [0, 0.05) is 45.6 Å². The van der Waals surface area contributed by atoms with Crippen molar-refractivity contribution in [2.75, 3.05) is 32.7 Å². The van der Waals surface area contributed by atoms with Crippen LogP contribution < -0.4 is 0 Å². The topological polar surface area (TPSA) is 65.8 Å². The van der Waals surface area contributed by atoms with Crippen molar-refractivity contribution in [3.63, 3.8) is 0 Å². The summed E-state index contributed by atoms with van der Waals surface area (Å²) >= 11 is 0. The lowest BCUT2D eigenvalue weighted by molar-refractivity contribution is -0.139. The molecule has 2 heterocycles. The number of amides is 1. The number of aryl methyl sites for hydroxylation is 1. The molecule has 0 radical (unpaired) electrons. The first-order valence-corrected chi connectivity index (χ1v) is 6.37.